The van der Waals surface area contributed by atoms with Crippen LogP contribution in [0.1, 0.15) is 12.5 Å². The van der Waals surface area contributed by atoms with Gasteiger partial charge in [0.25, 0.3) is 0 Å². The first-order chi connectivity index (χ1) is 10.2. The van der Waals surface area contributed by atoms with Crippen molar-refractivity contribution in [3.8, 4) is 0 Å². The molecule has 0 atom stereocenters. The molecule has 2 nitrogen and oxygen atoms in total. The van der Waals surface area contributed by atoms with Gasteiger partial charge in [-0.05, 0) is 48.4 Å². The third kappa shape index (κ3) is 2.83. The van der Waals surface area contributed by atoms with Gasteiger partial charge in [-0.1, -0.05) is 24.6 Å². The molecule has 0 radical (unpaired) electrons. The molecule has 0 unspecified atom stereocenters. The van der Waals surface area contributed by atoms with Crippen molar-refractivity contribution in [2.45, 2.75) is 13.3 Å². The van der Waals surface area contributed by atoms with Crippen molar-refractivity contribution in [1.29, 1.82) is 0 Å². The summed E-state index contributed by atoms with van der Waals surface area (Å²) in [7, 11) is 0. The fourth-order valence-corrected chi connectivity index (χ4v) is 2.46. The van der Waals surface area contributed by atoms with Crippen LogP contribution in [0.25, 0.3) is 10.9 Å². The molecule has 0 spiro atoms. The van der Waals surface area contributed by atoms with Crippen molar-refractivity contribution in [2.75, 3.05) is 5.32 Å². The van der Waals surface area contributed by atoms with Gasteiger partial charge in [0.05, 0.1) is 5.52 Å². The summed E-state index contributed by atoms with van der Waals surface area (Å²) in [6, 6.07) is 12.6. The van der Waals surface area contributed by atoms with Crippen LogP contribution in [-0.2, 0) is 6.42 Å². The standard InChI is InChI=1S/C17H14ClFN2/c1-2-11-3-5-13(10-15(11)19)21-16-7-8-20-17-9-12(18)4-6-14(16)17/h3-10H,2H2,1H3,(H,20,21). The van der Waals surface area contributed by atoms with Crippen LogP contribution in [0.15, 0.2) is 48.7 Å². The van der Waals surface area contributed by atoms with Crippen LogP contribution in [0, 0.1) is 5.82 Å². The molecule has 0 amide bonds. The number of rotatable bonds is 3. The maximum absolute atomic E-state index is 13.9. The van der Waals surface area contributed by atoms with Gasteiger partial charge in [0.2, 0.25) is 0 Å². The summed E-state index contributed by atoms with van der Waals surface area (Å²) in [6.45, 7) is 1.94. The number of halogens is 2. The Morgan fingerprint density at radius 3 is 2.76 bits per heavy atom. The van der Waals surface area contributed by atoms with Crippen molar-refractivity contribution in [2.24, 2.45) is 0 Å². The zero-order valence-corrected chi connectivity index (χ0v) is 12.3. The van der Waals surface area contributed by atoms with Crippen LogP contribution in [0.2, 0.25) is 5.02 Å². The van der Waals surface area contributed by atoms with E-state index in [1.54, 1.807) is 12.3 Å². The number of hydrogen-bond donors (Lipinski definition) is 1. The first-order valence-corrected chi connectivity index (χ1v) is 7.15. The highest BCUT2D eigenvalue weighted by molar-refractivity contribution is 6.31. The number of aryl methyl sites for hydroxylation is 1. The lowest BCUT2D eigenvalue weighted by atomic mass is 10.1. The normalized spacial score (nSPS) is 10.8. The quantitative estimate of drug-likeness (QED) is 0.707. The summed E-state index contributed by atoms with van der Waals surface area (Å²) >= 11 is 5.98. The minimum absolute atomic E-state index is 0.191. The second kappa shape index (κ2) is 5.70. The van der Waals surface area contributed by atoms with Gasteiger partial charge in [-0.3, -0.25) is 4.98 Å². The lowest BCUT2D eigenvalue weighted by molar-refractivity contribution is 0.613. The molecule has 1 heterocycles. The molecule has 1 aromatic heterocycles. The highest BCUT2D eigenvalue weighted by Crippen LogP contribution is 2.27. The van der Waals surface area contributed by atoms with Gasteiger partial charge < -0.3 is 5.32 Å². The summed E-state index contributed by atoms with van der Waals surface area (Å²) in [6.07, 6.45) is 2.39. The van der Waals surface area contributed by atoms with Crippen LogP contribution < -0.4 is 5.32 Å². The zero-order valence-electron chi connectivity index (χ0n) is 11.5. The predicted molar refractivity (Wildman–Crippen MR) is 85.8 cm³/mol. The first-order valence-electron chi connectivity index (χ1n) is 6.77. The number of aromatic nitrogens is 1. The Kier molecular flexibility index (Phi) is 3.76. The van der Waals surface area contributed by atoms with Gasteiger partial charge in [0, 0.05) is 28.0 Å². The van der Waals surface area contributed by atoms with E-state index in [2.05, 4.69) is 10.3 Å². The van der Waals surface area contributed by atoms with E-state index in [-0.39, 0.29) is 5.82 Å². The lowest BCUT2D eigenvalue weighted by Crippen LogP contribution is -1.95. The van der Waals surface area contributed by atoms with Crippen molar-refractivity contribution < 1.29 is 4.39 Å². The van der Waals surface area contributed by atoms with Crippen LogP contribution in [-0.4, -0.2) is 4.98 Å². The number of hydrogen-bond acceptors (Lipinski definition) is 2. The van der Waals surface area contributed by atoms with E-state index >= 15 is 0 Å². The second-order valence-corrected chi connectivity index (χ2v) is 5.24. The summed E-state index contributed by atoms with van der Waals surface area (Å²) in [5.41, 5.74) is 3.11. The van der Waals surface area contributed by atoms with Crippen LogP contribution in [0.4, 0.5) is 15.8 Å². The number of nitrogens with zero attached hydrogens (tertiary/aromatic N) is 1. The molecule has 0 aliphatic carbocycles. The summed E-state index contributed by atoms with van der Waals surface area (Å²) in [4.78, 5) is 4.29. The molecule has 3 aromatic rings. The zero-order chi connectivity index (χ0) is 14.8. The molecule has 21 heavy (non-hydrogen) atoms. The van der Waals surface area contributed by atoms with Gasteiger partial charge in [0.1, 0.15) is 5.82 Å². The van der Waals surface area contributed by atoms with Crippen molar-refractivity contribution in [3.05, 3.63) is 65.1 Å². The van der Waals surface area contributed by atoms with E-state index < -0.39 is 0 Å². The van der Waals surface area contributed by atoms with Crippen molar-refractivity contribution in [3.63, 3.8) is 0 Å². The Hall–Kier alpha value is -2.13. The average Bonchev–Trinajstić information content (AvgIpc) is 2.47. The summed E-state index contributed by atoms with van der Waals surface area (Å²) in [5, 5.41) is 4.83. The number of benzene rings is 2. The Morgan fingerprint density at radius 1 is 1.14 bits per heavy atom. The van der Waals surface area contributed by atoms with Gasteiger partial charge in [-0.2, -0.15) is 0 Å². The van der Waals surface area contributed by atoms with Gasteiger partial charge >= 0.3 is 0 Å². The monoisotopic (exact) mass is 300 g/mol. The molecular formula is C17H14ClFN2. The topological polar surface area (TPSA) is 24.9 Å². The highest BCUT2D eigenvalue weighted by Gasteiger charge is 2.05. The smallest absolute Gasteiger partial charge is 0.128 e. The van der Waals surface area contributed by atoms with Gasteiger partial charge in [-0.15, -0.1) is 0 Å². The molecule has 0 saturated carbocycles. The maximum atomic E-state index is 13.9. The molecule has 0 aliphatic heterocycles. The lowest BCUT2D eigenvalue weighted by Gasteiger charge is -2.10. The minimum Gasteiger partial charge on any atom is -0.355 e. The molecule has 106 valence electrons. The fourth-order valence-electron chi connectivity index (χ4n) is 2.30. The number of fused-ring (bicyclic) bond motifs is 1. The molecule has 0 saturated heterocycles. The van der Waals surface area contributed by atoms with Gasteiger partial charge in [0.15, 0.2) is 0 Å². The van der Waals surface area contributed by atoms with Crippen molar-refractivity contribution in [1.82, 2.24) is 4.98 Å². The number of pyridine rings is 1. The van der Waals surface area contributed by atoms with Crippen LogP contribution in [0.5, 0.6) is 0 Å². The Morgan fingerprint density at radius 2 is 2.00 bits per heavy atom. The fraction of sp³-hybridized carbons (Fsp3) is 0.118. The molecule has 0 aliphatic rings. The number of anilines is 2. The SMILES string of the molecule is CCc1ccc(Nc2ccnc3cc(Cl)ccc23)cc1F. The summed E-state index contributed by atoms with van der Waals surface area (Å²) in [5.74, 6) is -0.191. The molecule has 0 fully saturated rings. The van der Waals surface area contributed by atoms with E-state index in [1.165, 1.54) is 6.07 Å². The molecule has 3 rings (SSSR count). The highest BCUT2D eigenvalue weighted by atomic mass is 35.5. The van der Waals surface area contributed by atoms with Crippen LogP contribution >= 0.6 is 11.6 Å². The van der Waals surface area contributed by atoms with E-state index in [1.807, 2.05) is 37.3 Å². The summed E-state index contributed by atoms with van der Waals surface area (Å²) < 4.78 is 13.9. The Bertz CT molecular complexity index is 802. The van der Waals surface area contributed by atoms with E-state index in [4.69, 9.17) is 11.6 Å². The average molecular weight is 301 g/mol. The molecular weight excluding hydrogens is 287 g/mol. The predicted octanol–water partition coefficient (Wildman–Crippen LogP) is 5.33. The maximum Gasteiger partial charge on any atom is 0.128 e. The molecule has 2 aromatic carbocycles. The van der Waals surface area contributed by atoms with Gasteiger partial charge in [-0.25, -0.2) is 4.39 Å². The van der Waals surface area contributed by atoms with E-state index in [9.17, 15) is 4.39 Å². The molecule has 1 N–H and O–H groups in total. The van der Waals surface area contributed by atoms with Crippen molar-refractivity contribution >= 4 is 33.9 Å². The molecule has 0 bridgehead atoms. The Balaban J connectivity index is 2.00. The number of nitrogens with one attached hydrogen (secondary N) is 1. The largest absolute Gasteiger partial charge is 0.355 e. The Labute approximate surface area is 127 Å². The van der Waals surface area contributed by atoms with E-state index in [0.29, 0.717) is 22.7 Å². The molecule has 4 heteroatoms. The first kappa shape index (κ1) is 13.8. The second-order valence-electron chi connectivity index (χ2n) is 4.80. The third-order valence-corrected chi connectivity index (χ3v) is 3.65. The van der Waals surface area contributed by atoms with Crippen LogP contribution in [0.3, 0.4) is 0 Å². The van der Waals surface area contributed by atoms with E-state index in [0.717, 1.165) is 16.6 Å². The minimum atomic E-state index is -0.191. The third-order valence-electron chi connectivity index (χ3n) is 3.42.